The molecule has 0 aliphatic carbocycles. The molecule has 5 nitrogen and oxygen atoms in total. The molecule has 1 aromatic carbocycles. The number of nitrogens with one attached hydrogen (secondary N) is 1. The van der Waals surface area contributed by atoms with Gasteiger partial charge in [-0.15, -0.1) is 0 Å². The van der Waals surface area contributed by atoms with Crippen molar-refractivity contribution in [1.82, 2.24) is 0 Å². The molecule has 0 saturated carbocycles. The van der Waals surface area contributed by atoms with Gasteiger partial charge < -0.3 is 5.32 Å². The van der Waals surface area contributed by atoms with Crippen molar-refractivity contribution in [3.8, 4) is 6.07 Å². The Morgan fingerprint density at radius 1 is 1.29 bits per heavy atom. The van der Waals surface area contributed by atoms with Crippen LogP contribution in [0.4, 0.5) is 18.9 Å². The van der Waals surface area contributed by atoms with Gasteiger partial charge in [0.25, 0.3) is 5.91 Å². The lowest BCUT2D eigenvalue weighted by atomic mass is 10.1. The predicted molar refractivity (Wildman–Crippen MR) is 85.8 cm³/mol. The van der Waals surface area contributed by atoms with Gasteiger partial charge in [0, 0.05) is 5.69 Å². The molecule has 1 amide bonds. The highest BCUT2D eigenvalue weighted by atomic mass is 32.2. The second-order valence-electron chi connectivity index (χ2n) is 5.86. The van der Waals surface area contributed by atoms with Crippen LogP contribution in [-0.4, -0.2) is 20.6 Å². The topological polar surface area (TPSA) is 82.3 Å². The van der Waals surface area contributed by atoms with Crippen LogP contribution in [-0.2, 0) is 22.0 Å². The maximum atomic E-state index is 12.9. The second-order valence-corrected chi connectivity index (χ2v) is 7.77. The summed E-state index contributed by atoms with van der Waals surface area (Å²) >= 11 is 0. The summed E-state index contributed by atoms with van der Waals surface area (Å²) in [4.78, 5) is 12.0. The molecule has 1 N–H and O–H groups in total. The Kier molecular flexibility index (Phi) is 5.89. The van der Waals surface area contributed by atoms with Crippen molar-refractivity contribution in [2.75, 3.05) is 5.32 Å². The van der Waals surface area contributed by atoms with Gasteiger partial charge in [-0.1, -0.05) is 0 Å². The summed E-state index contributed by atoms with van der Waals surface area (Å²) < 4.78 is 53.6. The third-order valence-corrected chi connectivity index (χ3v) is 4.26. The summed E-state index contributed by atoms with van der Waals surface area (Å²) in [6, 6.07) is 4.27. The van der Waals surface area contributed by atoms with Crippen LogP contribution in [0.2, 0.25) is 0 Å². The average Bonchev–Trinajstić information content (AvgIpc) is 2.45. The Morgan fingerprint density at radius 2 is 1.88 bits per heavy atom. The molecule has 0 spiro atoms. The first kappa shape index (κ1) is 19.8. The van der Waals surface area contributed by atoms with E-state index < -0.39 is 38.9 Å². The molecular formula is C15H16F3N3O2S. The average molecular weight is 359 g/mol. The molecule has 130 valence electrons. The van der Waals surface area contributed by atoms with Crippen LogP contribution >= 0.6 is 0 Å². The Balaban J connectivity index is 3.06. The van der Waals surface area contributed by atoms with Gasteiger partial charge in [-0.25, -0.2) is 4.21 Å². The van der Waals surface area contributed by atoms with E-state index in [1.54, 1.807) is 20.8 Å². The molecule has 24 heavy (non-hydrogen) atoms. The van der Waals surface area contributed by atoms with Crippen LogP contribution in [0.1, 0.15) is 38.8 Å². The zero-order valence-corrected chi connectivity index (χ0v) is 14.3. The number of carbonyl (C=O) groups excluding carboxylic acids is 1. The first-order valence-electron chi connectivity index (χ1n) is 6.76. The molecule has 0 aliphatic heterocycles. The van der Waals surface area contributed by atoms with Gasteiger partial charge in [0.05, 0.1) is 21.9 Å². The summed E-state index contributed by atoms with van der Waals surface area (Å²) in [5.41, 5.74) is -1.95. The van der Waals surface area contributed by atoms with Gasteiger partial charge >= 0.3 is 6.18 Å². The Hall–Kier alpha value is -2.21. The molecule has 0 saturated heterocycles. The number of halogens is 3. The molecule has 0 aliphatic rings. The predicted octanol–water partition coefficient (Wildman–Crippen LogP) is 3.44. The van der Waals surface area contributed by atoms with E-state index in [0.717, 1.165) is 6.07 Å². The summed E-state index contributed by atoms with van der Waals surface area (Å²) in [6.45, 7) is 6.34. The van der Waals surface area contributed by atoms with E-state index >= 15 is 0 Å². The minimum Gasteiger partial charge on any atom is -0.321 e. The lowest BCUT2D eigenvalue weighted by molar-refractivity contribution is -0.137. The van der Waals surface area contributed by atoms with Crippen LogP contribution < -0.4 is 5.32 Å². The van der Waals surface area contributed by atoms with E-state index in [1.807, 2.05) is 0 Å². The second kappa shape index (κ2) is 7.13. The van der Waals surface area contributed by atoms with Crippen LogP contribution in [0.3, 0.4) is 0 Å². The largest absolute Gasteiger partial charge is 0.417 e. The number of amides is 1. The minimum atomic E-state index is -4.72. The lowest BCUT2D eigenvalue weighted by Crippen LogP contribution is -2.25. The van der Waals surface area contributed by atoms with Crippen molar-refractivity contribution in [3.05, 3.63) is 29.3 Å². The van der Waals surface area contributed by atoms with E-state index in [1.165, 1.54) is 19.1 Å². The molecule has 1 rings (SSSR count). The summed E-state index contributed by atoms with van der Waals surface area (Å²) in [6.07, 6.45) is -4.72. The quantitative estimate of drug-likeness (QED) is 0.839. The van der Waals surface area contributed by atoms with Gasteiger partial charge in [0.1, 0.15) is 16.7 Å². The fourth-order valence-corrected chi connectivity index (χ4v) is 2.08. The number of hydrogen-bond donors (Lipinski definition) is 1. The van der Waals surface area contributed by atoms with Crippen molar-refractivity contribution in [2.45, 2.75) is 38.6 Å². The molecule has 1 atom stereocenters. The molecule has 0 radical (unpaired) electrons. The first-order valence-corrected chi connectivity index (χ1v) is 7.87. The zero-order chi connectivity index (χ0) is 18.7. The van der Waals surface area contributed by atoms with Gasteiger partial charge in [0.15, 0.2) is 0 Å². The molecule has 0 bridgehead atoms. The fraction of sp³-hybridized carbons (Fsp3) is 0.400. The zero-order valence-electron chi connectivity index (χ0n) is 13.5. The van der Waals surface area contributed by atoms with Gasteiger partial charge in [0.2, 0.25) is 0 Å². The van der Waals surface area contributed by atoms with E-state index in [2.05, 4.69) is 9.71 Å². The van der Waals surface area contributed by atoms with Crippen molar-refractivity contribution in [2.24, 2.45) is 4.40 Å². The highest BCUT2D eigenvalue weighted by Crippen LogP contribution is 2.33. The van der Waals surface area contributed by atoms with Crippen LogP contribution in [0.15, 0.2) is 22.6 Å². The minimum absolute atomic E-state index is 0.124. The third-order valence-electron chi connectivity index (χ3n) is 2.78. The third kappa shape index (κ3) is 5.16. The summed E-state index contributed by atoms with van der Waals surface area (Å²) in [5, 5.41) is 11.0. The summed E-state index contributed by atoms with van der Waals surface area (Å²) in [7, 11) is -1.67. The number of carbonyl (C=O) groups is 1. The van der Waals surface area contributed by atoms with E-state index in [-0.39, 0.29) is 11.4 Å². The first-order chi connectivity index (χ1) is 10.9. The van der Waals surface area contributed by atoms with Crippen molar-refractivity contribution < 1.29 is 22.2 Å². The van der Waals surface area contributed by atoms with Crippen LogP contribution in [0.5, 0.6) is 0 Å². The maximum Gasteiger partial charge on any atom is 0.417 e. The molecule has 0 fully saturated rings. The highest BCUT2D eigenvalue weighted by molar-refractivity contribution is 7.85. The van der Waals surface area contributed by atoms with Gasteiger partial charge in [-0.3, -0.25) is 4.79 Å². The Labute approximate surface area is 140 Å². The number of nitriles is 1. The molecule has 0 aromatic heterocycles. The Bertz CT molecular complexity index is 744. The molecular weight excluding hydrogens is 343 g/mol. The standard InChI is InChI=1S/C15H16F3N3O2S/c1-9(21-24(23)14(2,3)4)13(22)20-11-6-5-10(8-19)12(7-11)15(16,17)18/h5-7H,1-4H3,(H,20,22)/b21-9+. The van der Waals surface area contributed by atoms with Crippen molar-refractivity contribution in [3.63, 3.8) is 0 Å². The maximum absolute atomic E-state index is 12.9. The molecule has 1 unspecified atom stereocenters. The number of hydrogen-bond acceptors (Lipinski definition) is 3. The van der Waals surface area contributed by atoms with Crippen LogP contribution in [0.25, 0.3) is 0 Å². The molecule has 9 heteroatoms. The number of rotatable bonds is 3. The van der Waals surface area contributed by atoms with Gasteiger partial charge in [-0.05, 0) is 45.9 Å². The number of anilines is 1. The normalized spacial score (nSPS) is 14.0. The fourth-order valence-electron chi connectivity index (χ4n) is 1.48. The van der Waals surface area contributed by atoms with Gasteiger partial charge in [-0.2, -0.15) is 22.8 Å². The molecule has 0 heterocycles. The number of nitrogens with zero attached hydrogens (tertiary/aromatic N) is 2. The van der Waals surface area contributed by atoms with E-state index in [9.17, 15) is 22.2 Å². The SMILES string of the molecule is C/C(=N\S(=O)C(C)(C)C)C(=O)Nc1ccc(C#N)c(C(F)(F)F)c1. The summed E-state index contributed by atoms with van der Waals surface area (Å²) in [5.74, 6) is -0.773. The van der Waals surface area contributed by atoms with E-state index in [4.69, 9.17) is 5.26 Å². The van der Waals surface area contributed by atoms with Crippen molar-refractivity contribution >= 4 is 28.3 Å². The smallest absolute Gasteiger partial charge is 0.321 e. The molecule has 1 aromatic rings. The number of benzene rings is 1. The van der Waals surface area contributed by atoms with Crippen LogP contribution in [0, 0.1) is 11.3 Å². The number of alkyl halides is 3. The van der Waals surface area contributed by atoms with E-state index in [0.29, 0.717) is 6.07 Å². The highest BCUT2D eigenvalue weighted by Gasteiger charge is 2.34. The monoisotopic (exact) mass is 359 g/mol. The lowest BCUT2D eigenvalue weighted by Gasteiger charge is -2.14. The van der Waals surface area contributed by atoms with Crippen molar-refractivity contribution in [1.29, 1.82) is 5.26 Å². The Morgan fingerprint density at radius 3 is 2.33 bits per heavy atom.